The van der Waals surface area contributed by atoms with E-state index < -0.39 is 5.97 Å². The first-order valence-corrected chi connectivity index (χ1v) is 15.1. The second kappa shape index (κ2) is 11.9. The van der Waals surface area contributed by atoms with Crippen LogP contribution < -0.4 is 5.32 Å². The van der Waals surface area contributed by atoms with Gasteiger partial charge in [0.05, 0.1) is 12.9 Å². The Hall–Kier alpha value is -2.92. The number of rotatable bonds is 9. The van der Waals surface area contributed by atoms with Crippen LogP contribution in [0.3, 0.4) is 0 Å². The minimum atomic E-state index is -0.520. The minimum Gasteiger partial charge on any atom is -0.465 e. The fourth-order valence-corrected chi connectivity index (χ4v) is 7.43. The van der Waals surface area contributed by atoms with Gasteiger partial charge in [0.2, 0.25) is 5.91 Å². The van der Waals surface area contributed by atoms with E-state index in [2.05, 4.69) is 27.5 Å². The van der Waals surface area contributed by atoms with Gasteiger partial charge in [0.1, 0.15) is 10.6 Å². The summed E-state index contributed by atoms with van der Waals surface area (Å²) in [7, 11) is 1.32. The van der Waals surface area contributed by atoms with Crippen molar-refractivity contribution in [1.82, 2.24) is 14.8 Å². The normalized spacial score (nSPS) is 12.7. The number of thioether (sulfide) groups is 1. The highest BCUT2D eigenvalue weighted by Gasteiger charge is 2.24. The molecule has 1 aliphatic rings. The van der Waals surface area contributed by atoms with Crippen LogP contribution in [0.25, 0.3) is 22.5 Å². The highest BCUT2D eigenvalue weighted by Crippen LogP contribution is 2.38. The number of hydrogen-bond donors (Lipinski definition) is 1. The van der Waals surface area contributed by atoms with Crippen LogP contribution in [0.5, 0.6) is 0 Å². The number of aryl methyl sites for hydroxylation is 1. The molecule has 4 aromatic rings. The molecule has 0 spiro atoms. The monoisotopic (exact) mass is 584 g/mol. The van der Waals surface area contributed by atoms with Crippen molar-refractivity contribution in [2.75, 3.05) is 18.2 Å². The number of fused-ring (bicyclic) bond motifs is 1. The Morgan fingerprint density at radius 3 is 2.68 bits per heavy atom. The molecule has 1 N–H and O–H groups in total. The minimum absolute atomic E-state index is 0.103. The topological polar surface area (TPSA) is 86.1 Å². The lowest BCUT2D eigenvalue weighted by Gasteiger charge is -2.13. The average molecular weight is 585 g/mol. The number of halogens is 1. The highest BCUT2D eigenvalue weighted by atomic mass is 35.5. The molecule has 3 aromatic heterocycles. The van der Waals surface area contributed by atoms with Crippen molar-refractivity contribution >= 4 is 62.9 Å². The fraction of sp³-hybridized carbons (Fsp3) is 0.259. The Labute approximate surface area is 237 Å². The summed E-state index contributed by atoms with van der Waals surface area (Å²) in [6, 6.07) is 7.16. The van der Waals surface area contributed by atoms with E-state index >= 15 is 0 Å². The predicted molar refractivity (Wildman–Crippen MR) is 156 cm³/mol. The molecule has 11 heteroatoms. The number of allylic oxidation sites excluding steroid dienone is 1. The largest absolute Gasteiger partial charge is 0.465 e. The molecule has 0 saturated heterocycles. The summed E-state index contributed by atoms with van der Waals surface area (Å²) < 4.78 is 7.01. The molecule has 1 aromatic carbocycles. The van der Waals surface area contributed by atoms with E-state index in [1.54, 1.807) is 23.5 Å². The van der Waals surface area contributed by atoms with E-state index in [9.17, 15) is 9.59 Å². The van der Waals surface area contributed by atoms with Gasteiger partial charge in [0, 0.05) is 38.3 Å². The SMILES string of the molecule is C=CCn1c(SCC(=O)Nc2scc(-c3ccc(Cl)cc3)c2C(=O)OC)nnc1-c1csc2c1CCCC2. The number of amides is 1. The fourth-order valence-electron chi connectivity index (χ4n) is 4.46. The zero-order chi connectivity index (χ0) is 26.6. The molecular weight excluding hydrogens is 560 g/mol. The van der Waals surface area contributed by atoms with Crippen LogP contribution in [0.1, 0.15) is 33.6 Å². The number of ether oxygens (including phenoxy) is 1. The Bertz CT molecular complexity index is 1490. The summed E-state index contributed by atoms with van der Waals surface area (Å²) in [5.74, 6) is 0.137. The molecule has 5 rings (SSSR count). The molecule has 196 valence electrons. The molecule has 3 heterocycles. The molecule has 0 aliphatic heterocycles. The van der Waals surface area contributed by atoms with Crippen molar-refractivity contribution in [2.45, 2.75) is 37.4 Å². The molecule has 7 nitrogen and oxygen atoms in total. The highest BCUT2D eigenvalue weighted by molar-refractivity contribution is 7.99. The molecule has 38 heavy (non-hydrogen) atoms. The van der Waals surface area contributed by atoms with E-state index in [-0.39, 0.29) is 11.7 Å². The third-order valence-corrected chi connectivity index (χ3v) is 9.45. The lowest BCUT2D eigenvalue weighted by molar-refractivity contribution is -0.113. The summed E-state index contributed by atoms with van der Waals surface area (Å²) in [5, 5.41) is 17.4. The van der Waals surface area contributed by atoms with Crippen molar-refractivity contribution in [3.63, 3.8) is 0 Å². The molecule has 1 aliphatic carbocycles. The summed E-state index contributed by atoms with van der Waals surface area (Å²) in [6.07, 6.45) is 6.40. The molecule has 0 atom stereocenters. The lowest BCUT2D eigenvalue weighted by atomic mass is 9.95. The van der Waals surface area contributed by atoms with Crippen molar-refractivity contribution < 1.29 is 14.3 Å². The zero-order valence-electron chi connectivity index (χ0n) is 20.7. The number of carbonyl (C=O) groups excluding carboxylic acids is 2. The zero-order valence-corrected chi connectivity index (χ0v) is 23.9. The lowest BCUT2D eigenvalue weighted by Crippen LogP contribution is -2.16. The number of thiophene rings is 2. The Morgan fingerprint density at radius 2 is 1.92 bits per heavy atom. The Kier molecular flexibility index (Phi) is 8.32. The number of nitrogens with zero attached hydrogens (tertiary/aromatic N) is 3. The third kappa shape index (κ3) is 5.44. The second-order valence-corrected chi connectivity index (χ2v) is 11.9. The number of esters is 1. The van der Waals surface area contributed by atoms with Crippen molar-refractivity contribution in [3.05, 3.63) is 68.7 Å². The smallest absolute Gasteiger partial charge is 0.341 e. The van der Waals surface area contributed by atoms with E-state index in [0.29, 0.717) is 32.9 Å². The first kappa shape index (κ1) is 26.7. The molecule has 1 amide bonds. The molecule has 0 saturated carbocycles. The van der Waals surface area contributed by atoms with Gasteiger partial charge in [-0.1, -0.05) is 41.6 Å². The first-order valence-electron chi connectivity index (χ1n) is 12.0. The van der Waals surface area contributed by atoms with Gasteiger partial charge >= 0.3 is 5.97 Å². The van der Waals surface area contributed by atoms with Gasteiger partial charge in [-0.3, -0.25) is 9.36 Å². The van der Waals surface area contributed by atoms with Gasteiger partial charge in [-0.2, -0.15) is 0 Å². The van der Waals surface area contributed by atoms with Crippen LogP contribution in [0.4, 0.5) is 5.00 Å². The van der Waals surface area contributed by atoms with Crippen LogP contribution >= 0.6 is 46.0 Å². The number of methoxy groups -OCH3 is 1. The maximum atomic E-state index is 13.0. The van der Waals surface area contributed by atoms with Crippen LogP contribution in [0.2, 0.25) is 5.02 Å². The molecule has 0 fully saturated rings. The van der Waals surface area contributed by atoms with Crippen molar-refractivity contribution in [1.29, 1.82) is 0 Å². The predicted octanol–water partition coefficient (Wildman–Crippen LogP) is 6.97. The van der Waals surface area contributed by atoms with Gasteiger partial charge in [-0.25, -0.2) is 4.79 Å². The number of carbonyl (C=O) groups is 2. The van der Waals surface area contributed by atoms with Crippen LogP contribution in [0, 0.1) is 0 Å². The molecule has 0 bridgehead atoms. The van der Waals surface area contributed by atoms with Gasteiger partial charge in [0.15, 0.2) is 11.0 Å². The summed E-state index contributed by atoms with van der Waals surface area (Å²) in [5.41, 5.74) is 4.30. The number of nitrogens with one attached hydrogen (secondary N) is 1. The Balaban J connectivity index is 1.34. The van der Waals surface area contributed by atoms with Crippen LogP contribution in [-0.4, -0.2) is 39.5 Å². The van der Waals surface area contributed by atoms with Crippen molar-refractivity contribution in [3.8, 4) is 22.5 Å². The van der Waals surface area contributed by atoms with Crippen LogP contribution in [0.15, 0.2) is 52.8 Å². The quantitative estimate of drug-likeness (QED) is 0.130. The summed E-state index contributed by atoms with van der Waals surface area (Å²) >= 11 is 10.4. The number of anilines is 1. The van der Waals surface area contributed by atoms with Gasteiger partial charge < -0.3 is 10.1 Å². The van der Waals surface area contributed by atoms with Crippen LogP contribution in [-0.2, 0) is 28.9 Å². The molecule has 0 radical (unpaired) electrons. The van der Waals surface area contributed by atoms with E-state index in [4.69, 9.17) is 16.3 Å². The van der Waals surface area contributed by atoms with Gasteiger partial charge in [-0.05, 0) is 48.9 Å². The van der Waals surface area contributed by atoms with E-state index in [1.165, 1.54) is 53.5 Å². The van der Waals surface area contributed by atoms with Gasteiger partial charge in [0.25, 0.3) is 0 Å². The van der Waals surface area contributed by atoms with E-state index in [0.717, 1.165) is 29.8 Å². The second-order valence-electron chi connectivity index (χ2n) is 8.65. The van der Waals surface area contributed by atoms with E-state index in [1.807, 2.05) is 28.2 Å². The van der Waals surface area contributed by atoms with Gasteiger partial charge in [-0.15, -0.1) is 39.4 Å². The maximum absolute atomic E-state index is 13.0. The third-order valence-electron chi connectivity index (χ3n) is 6.25. The van der Waals surface area contributed by atoms with Crippen molar-refractivity contribution in [2.24, 2.45) is 0 Å². The Morgan fingerprint density at radius 1 is 1.16 bits per heavy atom. The standard InChI is InChI=1S/C27H25ClN4O3S3/c1-3-12-32-24(20-14-36-21-7-5-4-6-18(20)21)30-31-27(32)38-15-22(33)29-25-23(26(34)35-2)19(13-37-25)16-8-10-17(28)11-9-16/h3,8-11,13-14H,1,4-7,12,15H2,2H3,(H,29,33). The maximum Gasteiger partial charge on any atom is 0.341 e. The molecule has 0 unspecified atom stereocenters. The summed E-state index contributed by atoms with van der Waals surface area (Å²) in [4.78, 5) is 27.0. The molecular formula is C27H25ClN4O3S3. The average Bonchev–Trinajstić information content (AvgIpc) is 3.65. The first-order chi connectivity index (χ1) is 18.5. The number of aromatic nitrogens is 3. The number of hydrogen-bond acceptors (Lipinski definition) is 8. The summed E-state index contributed by atoms with van der Waals surface area (Å²) in [6.45, 7) is 4.43. The number of benzene rings is 1.